The third kappa shape index (κ3) is 7.42. The van der Waals surface area contributed by atoms with Gasteiger partial charge in [0.25, 0.3) is 11.5 Å². The van der Waals surface area contributed by atoms with Gasteiger partial charge in [-0.1, -0.05) is 35.9 Å². The number of aryl methyl sites for hydroxylation is 2. The predicted octanol–water partition coefficient (Wildman–Crippen LogP) is 4.68. The lowest BCUT2D eigenvalue weighted by Gasteiger charge is -2.47. The molecule has 12 heteroatoms. The van der Waals surface area contributed by atoms with E-state index in [0.29, 0.717) is 18.5 Å². The van der Waals surface area contributed by atoms with Crippen LogP contribution in [0.25, 0.3) is 0 Å². The first-order valence-electron chi connectivity index (χ1n) is 18.2. The molecule has 11 nitrogen and oxygen atoms in total. The number of aromatic nitrogens is 2. The number of amides is 3. The maximum Gasteiger partial charge on any atom is 0.287 e. The van der Waals surface area contributed by atoms with Crippen LogP contribution in [0.1, 0.15) is 83.8 Å². The molecule has 5 heterocycles. The van der Waals surface area contributed by atoms with E-state index in [4.69, 9.17) is 11.6 Å². The summed E-state index contributed by atoms with van der Waals surface area (Å²) in [5, 5.41) is 10.2. The van der Waals surface area contributed by atoms with Gasteiger partial charge in [-0.3, -0.25) is 24.5 Å². The molecule has 1 spiro atoms. The van der Waals surface area contributed by atoms with Crippen molar-refractivity contribution in [1.29, 1.82) is 0 Å². The number of piperidine rings is 4. The summed E-state index contributed by atoms with van der Waals surface area (Å²) < 4.78 is 1.23. The number of carbonyl (C=O) groups is 3. The van der Waals surface area contributed by atoms with Crippen LogP contribution in [0.2, 0.25) is 5.02 Å². The standard InChI is InChI=1S/C39H48ClN7O4/c1-25-20-28(31-9-11-34(48)43-36(31)49)8-10-33(25)46-16-12-39(13-17-46)14-18-47(19-15-39)37(50)27-6-4-26(5-7-27)29-21-30(24-44(2)23-29)42-32-22-41-45(3)38(51)35(32)40/h4-8,10,20,22,29-31,42H,9,11-19,21,23-24H2,1-3H3,(H,43,48,49)/t29-,30+,31?/m0/s1. The van der Waals surface area contributed by atoms with Gasteiger partial charge in [0, 0.05) is 70.0 Å². The molecule has 1 unspecified atom stereocenters. The Balaban J connectivity index is 0.912. The van der Waals surface area contributed by atoms with E-state index in [1.54, 1.807) is 13.2 Å². The zero-order chi connectivity index (χ0) is 35.9. The highest BCUT2D eigenvalue weighted by atomic mass is 35.5. The second kappa shape index (κ2) is 14.4. The largest absolute Gasteiger partial charge is 0.378 e. The van der Waals surface area contributed by atoms with Crippen LogP contribution in [0.5, 0.6) is 0 Å². The monoisotopic (exact) mass is 713 g/mol. The van der Waals surface area contributed by atoms with E-state index in [1.807, 2.05) is 17.0 Å². The zero-order valence-corrected chi connectivity index (χ0v) is 30.5. The quantitative estimate of drug-likeness (QED) is 0.354. The van der Waals surface area contributed by atoms with E-state index < -0.39 is 0 Å². The summed E-state index contributed by atoms with van der Waals surface area (Å²) in [6.45, 7) is 7.36. The van der Waals surface area contributed by atoms with E-state index >= 15 is 0 Å². The summed E-state index contributed by atoms with van der Waals surface area (Å²) in [7, 11) is 3.68. The van der Waals surface area contributed by atoms with Crippen molar-refractivity contribution in [3.63, 3.8) is 0 Å². The molecule has 270 valence electrons. The van der Waals surface area contributed by atoms with Gasteiger partial charge in [0.15, 0.2) is 0 Å². The molecule has 4 aliphatic rings. The second-order valence-electron chi connectivity index (χ2n) is 15.2. The van der Waals surface area contributed by atoms with Gasteiger partial charge in [-0.25, -0.2) is 4.68 Å². The number of hydrogen-bond donors (Lipinski definition) is 2. The maximum atomic E-state index is 13.6. The number of likely N-dealkylation sites (tertiary alicyclic amines) is 2. The van der Waals surface area contributed by atoms with Crippen LogP contribution in [0.15, 0.2) is 53.5 Å². The molecule has 0 bridgehead atoms. The van der Waals surface area contributed by atoms with Crippen molar-refractivity contribution in [3.8, 4) is 0 Å². The van der Waals surface area contributed by atoms with Crippen molar-refractivity contribution < 1.29 is 14.4 Å². The molecule has 4 fully saturated rings. The van der Waals surface area contributed by atoms with Gasteiger partial charge in [-0.2, -0.15) is 5.10 Å². The molecule has 4 saturated heterocycles. The van der Waals surface area contributed by atoms with Gasteiger partial charge in [0.2, 0.25) is 11.8 Å². The number of carbonyl (C=O) groups excluding carboxylic acids is 3. The summed E-state index contributed by atoms with van der Waals surface area (Å²) in [4.78, 5) is 56.6. The Hall–Kier alpha value is -4.22. The molecule has 7 rings (SSSR count). The van der Waals surface area contributed by atoms with Crippen molar-refractivity contribution in [2.24, 2.45) is 12.5 Å². The number of nitrogens with one attached hydrogen (secondary N) is 2. The molecule has 3 atom stereocenters. The van der Waals surface area contributed by atoms with Gasteiger partial charge in [0.1, 0.15) is 5.02 Å². The zero-order valence-electron chi connectivity index (χ0n) is 29.8. The Kier molecular flexibility index (Phi) is 9.95. The lowest BCUT2D eigenvalue weighted by Crippen LogP contribution is -2.48. The van der Waals surface area contributed by atoms with Crippen LogP contribution in [0.4, 0.5) is 11.4 Å². The molecular formula is C39H48ClN7O4. The van der Waals surface area contributed by atoms with Gasteiger partial charge < -0.3 is 20.0 Å². The first kappa shape index (κ1) is 35.2. The topological polar surface area (TPSA) is 120 Å². The van der Waals surface area contributed by atoms with E-state index in [-0.39, 0.29) is 51.6 Å². The van der Waals surface area contributed by atoms with Gasteiger partial charge in [-0.05, 0) is 98.7 Å². The highest BCUT2D eigenvalue weighted by Gasteiger charge is 2.39. The van der Waals surface area contributed by atoms with Crippen LogP contribution in [-0.4, -0.2) is 89.7 Å². The molecule has 1 aromatic heterocycles. The molecule has 2 N–H and O–H groups in total. The maximum absolute atomic E-state index is 13.6. The highest BCUT2D eigenvalue weighted by Crippen LogP contribution is 2.43. The van der Waals surface area contributed by atoms with Crippen molar-refractivity contribution in [1.82, 2.24) is 24.9 Å². The lowest BCUT2D eigenvalue weighted by molar-refractivity contribution is -0.134. The molecule has 0 aliphatic carbocycles. The van der Waals surface area contributed by atoms with E-state index in [9.17, 15) is 19.2 Å². The fourth-order valence-corrected chi connectivity index (χ4v) is 8.97. The third-order valence-corrected chi connectivity index (χ3v) is 12.2. The predicted molar refractivity (Wildman–Crippen MR) is 199 cm³/mol. The molecule has 3 aromatic rings. The number of imide groups is 1. The molecule has 0 radical (unpaired) electrons. The molecule has 0 saturated carbocycles. The summed E-state index contributed by atoms with van der Waals surface area (Å²) in [5.74, 6) is -0.267. The summed E-state index contributed by atoms with van der Waals surface area (Å²) in [5.41, 5.74) is 5.79. The molecule has 3 amide bonds. The van der Waals surface area contributed by atoms with Crippen molar-refractivity contribution >= 4 is 40.7 Å². The number of rotatable bonds is 6. The number of nitrogens with zero attached hydrogens (tertiary/aromatic N) is 5. The van der Waals surface area contributed by atoms with E-state index in [1.165, 1.54) is 15.9 Å². The minimum Gasteiger partial charge on any atom is -0.378 e. The van der Waals surface area contributed by atoms with Crippen LogP contribution in [0.3, 0.4) is 0 Å². The summed E-state index contributed by atoms with van der Waals surface area (Å²) in [6.07, 6.45) is 7.68. The number of benzene rings is 2. The SMILES string of the molecule is Cc1cc(C2CCC(=O)NC2=O)ccc1N1CCC2(CCN(C(=O)c3ccc([C@H]4C[C@@H](Nc5cnn(C)c(=O)c5Cl)CN(C)C4)cc3)CC2)CC1. The third-order valence-electron chi connectivity index (χ3n) is 11.8. The second-order valence-corrected chi connectivity index (χ2v) is 15.6. The van der Waals surface area contributed by atoms with Gasteiger partial charge in [-0.15, -0.1) is 0 Å². The van der Waals surface area contributed by atoms with Crippen LogP contribution >= 0.6 is 11.6 Å². The van der Waals surface area contributed by atoms with Gasteiger partial charge >= 0.3 is 0 Å². The van der Waals surface area contributed by atoms with Gasteiger partial charge in [0.05, 0.1) is 17.8 Å². The Bertz CT molecular complexity index is 1860. The minimum absolute atomic E-state index is 0.101. The van der Waals surface area contributed by atoms with Crippen LogP contribution in [0, 0.1) is 12.3 Å². The minimum atomic E-state index is -0.320. The average molecular weight is 714 g/mol. The Morgan fingerprint density at radius 3 is 2.31 bits per heavy atom. The molecule has 2 aromatic carbocycles. The fraction of sp³-hybridized carbons (Fsp3) is 0.513. The molecule has 51 heavy (non-hydrogen) atoms. The number of halogens is 1. The summed E-state index contributed by atoms with van der Waals surface area (Å²) >= 11 is 6.32. The number of likely N-dealkylation sites (N-methyl/N-ethyl adjacent to an activating group) is 1. The number of anilines is 2. The van der Waals surface area contributed by atoms with E-state index in [2.05, 4.69) is 69.8 Å². The fourth-order valence-electron chi connectivity index (χ4n) is 8.75. The Morgan fingerprint density at radius 2 is 1.63 bits per heavy atom. The van der Waals surface area contributed by atoms with Crippen LogP contribution in [-0.2, 0) is 16.6 Å². The lowest BCUT2D eigenvalue weighted by atomic mass is 9.71. The smallest absolute Gasteiger partial charge is 0.287 e. The van der Waals surface area contributed by atoms with Crippen molar-refractivity contribution in [2.75, 3.05) is 56.5 Å². The summed E-state index contributed by atoms with van der Waals surface area (Å²) in [6, 6.07) is 14.6. The average Bonchev–Trinajstić information content (AvgIpc) is 3.12. The highest BCUT2D eigenvalue weighted by molar-refractivity contribution is 6.32. The van der Waals surface area contributed by atoms with Crippen molar-refractivity contribution in [2.45, 2.75) is 69.7 Å². The number of hydrogen-bond acceptors (Lipinski definition) is 8. The van der Waals surface area contributed by atoms with Crippen LogP contribution < -0.4 is 21.1 Å². The molecular weight excluding hydrogens is 666 g/mol. The first-order valence-corrected chi connectivity index (χ1v) is 18.6. The Labute approximate surface area is 304 Å². The van der Waals surface area contributed by atoms with E-state index in [0.717, 1.165) is 88.1 Å². The molecule has 4 aliphatic heterocycles. The Morgan fingerprint density at radius 1 is 0.941 bits per heavy atom. The normalized spacial score (nSPS) is 24.0. The first-order chi connectivity index (χ1) is 24.5. The van der Waals surface area contributed by atoms with Crippen molar-refractivity contribution in [3.05, 3.63) is 86.3 Å².